The Morgan fingerprint density at radius 2 is 2.28 bits per heavy atom. The number of hydrogen-bond acceptors (Lipinski definition) is 4. The van der Waals surface area contributed by atoms with Crippen LogP contribution in [0.3, 0.4) is 0 Å². The van der Waals surface area contributed by atoms with Crippen LogP contribution in [0.4, 0.5) is 0 Å². The van der Waals surface area contributed by atoms with Gasteiger partial charge in [-0.05, 0) is 18.6 Å². The van der Waals surface area contributed by atoms with E-state index in [1.54, 1.807) is 0 Å². The van der Waals surface area contributed by atoms with Gasteiger partial charge in [-0.25, -0.2) is 0 Å². The standard InChI is InChI=1S/C11H17ClN2O2S.ClH/c1-3-8(9-4-5-10(12)17-9)14-11(15)7(13)6-16-2;/h4-5,7-8H,3,6,13H2,1-2H3,(H,14,15);1H. The van der Waals surface area contributed by atoms with Gasteiger partial charge in [0.25, 0.3) is 0 Å². The van der Waals surface area contributed by atoms with E-state index >= 15 is 0 Å². The third kappa shape index (κ3) is 5.12. The minimum absolute atomic E-state index is 0. The van der Waals surface area contributed by atoms with Gasteiger partial charge in [0.05, 0.1) is 17.0 Å². The first-order valence-electron chi connectivity index (χ1n) is 5.38. The van der Waals surface area contributed by atoms with Gasteiger partial charge >= 0.3 is 0 Å². The Morgan fingerprint density at radius 1 is 1.61 bits per heavy atom. The molecular formula is C11H18Cl2N2O2S. The predicted octanol–water partition coefficient (Wildman–Crippen LogP) is 2.36. The van der Waals surface area contributed by atoms with Crippen LogP contribution in [0.2, 0.25) is 4.34 Å². The van der Waals surface area contributed by atoms with E-state index in [4.69, 9.17) is 22.1 Å². The van der Waals surface area contributed by atoms with Crippen molar-refractivity contribution in [2.45, 2.75) is 25.4 Å². The molecule has 1 rings (SSSR count). The molecule has 3 N–H and O–H groups in total. The molecule has 0 spiro atoms. The minimum atomic E-state index is -0.635. The first kappa shape index (κ1) is 17.7. The van der Waals surface area contributed by atoms with E-state index in [1.807, 2.05) is 19.1 Å². The Kier molecular flexibility index (Phi) is 8.56. The molecule has 4 nitrogen and oxygen atoms in total. The van der Waals surface area contributed by atoms with Crippen molar-refractivity contribution in [3.63, 3.8) is 0 Å². The molecule has 0 aliphatic heterocycles. The van der Waals surface area contributed by atoms with Crippen LogP contribution in [0.5, 0.6) is 0 Å². The fourth-order valence-electron chi connectivity index (χ4n) is 1.42. The van der Waals surface area contributed by atoms with Gasteiger partial charge in [-0.15, -0.1) is 23.7 Å². The molecule has 1 aromatic heterocycles. The molecule has 1 heterocycles. The molecule has 18 heavy (non-hydrogen) atoms. The lowest BCUT2D eigenvalue weighted by atomic mass is 10.1. The average molecular weight is 313 g/mol. The van der Waals surface area contributed by atoms with Crippen molar-refractivity contribution in [3.8, 4) is 0 Å². The molecule has 2 atom stereocenters. The van der Waals surface area contributed by atoms with Gasteiger partial charge in [0.15, 0.2) is 0 Å². The lowest BCUT2D eigenvalue weighted by Gasteiger charge is -2.18. The Labute approximate surface area is 122 Å². The summed E-state index contributed by atoms with van der Waals surface area (Å²) in [5.74, 6) is -0.205. The molecule has 104 valence electrons. The number of nitrogens with two attached hydrogens (primary N) is 1. The second-order valence-corrected chi connectivity index (χ2v) is 5.42. The monoisotopic (exact) mass is 312 g/mol. The summed E-state index contributed by atoms with van der Waals surface area (Å²) in [7, 11) is 1.52. The highest BCUT2D eigenvalue weighted by Crippen LogP contribution is 2.28. The summed E-state index contributed by atoms with van der Waals surface area (Å²) in [6, 6.07) is 3.07. The normalized spacial score (nSPS) is 13.6. The van der Waals surface area contributed by atoms with Gasteiger partial charge in [-0.3, -0.25) is 4.79 Å². The van der Waals surface area contributed by atoms with Crippen LogP contribution in [0.1, 0.15) is 24.3 Å². The predicted molar refractivity (Wildman–Crippen MR) is 77.6 cm³/mol. The molecule has 2 unspecified atom stereocenters. The summed E-state index contributed by atoms with van der Waals surface area (Å²) in [5.41, 5.74) is 5.65. The zero-order valence-corrected chi connectivity index (χ0v) is 12.7. The molecule has 0 saturated heterocycles. The van der Waals surface area contributed by atoms with Crippen LogP contribution in [-0.4, -0.2) is 25.7 Å². The van der Waals surface area contributed by atoms with Gasteiger partial charge in [0.2, 0.25) is 5.91 Å². The second-order valence-electron chi connectivity index (χ2n) is 3.67. The first-order valence-corrected chi connectivity index (χ1v) is 6.58. The van der Waals surface area contributed by atoms with Gasteiger partial charge < -0.3 is 15.8 Å². The fraction of sp³-hybridized carbons (Fsp3) is 0.545. The molecule has 0 radical (unpaired) electrons. The molecule has 0 saturated carbocycles. The quantitative estimate of drug-likeness (QED) is 0.847. The molecule has 0 fully saturated rings. The molecular weight excluding hydrogens is 295 g/mol. The number of methoxy groups -OCH3 is 1. The third-order valence-corrected chi connectivity index (χ3v) is 3.69. The third-order valence-electron chi connectivity index (χ3n) is 2.35. The van der Waals surface area contributed by atoms with Crippen LogP contribution < -0.4 is 11.1 Å². The van der Waals surface area contributed by atoms with Crippen molar-refractivity contribution < 1.29 is 9.53 Å². The van der Waals surface area contributed by atoms with Gasteiger partial charge in [-0.2, -0.15) is 0 Å². The first-order chi connectivity index (χ1) is 8.08. The lowest BCUT2D eigenvalue weighted by Crippen LogP contribution is -2.44. The molecule has 0 aromatic carbocycles. The van der Waals surface area contributed by atoms with Gasteiger partial charge in [-0.1, -0.05) is 18.5 Å². The maximum atomic E-state index is 11.7. The minimum Gasteiger partial charge on any atom is -0.383 e. The van der Waals surface area contributed by atoms with E-state index in [-0.39, 0.29) is 31.0 Å². The summed E-state index contributed by atoms with van der Waals surface area (Å²) in [6.07, 6.45) is 0.794. The smallest absolute Gasteiger partial charge is 0.239 e. The maximum absolute atomic E-state index is 11.7. The van der Waals surface area contributed by atoms with Crippen molar-refractivity contribution in [3.05, 3.63) is 21.3 Å². The number of hydrogen-bond donors (Lipinski definition) is 2. The fourth-order valence-corrected chi connectivity index (χ4v) is 2.62. The highest BCUT2D eigenvalue weighted by atomic mass is 35.5. The van der Waals surface area contributed by atoms with E-state index in [0.717, 1.165) is 11.3 Å². The molecule has 0 aliphatic carbocycles. The van der Waals surface area contributed by atoms with E-state index < -0.39 is 6.04 Å². The van der Waals surface area contributed by atoms with Crippen molar-refractivity contribution in [1.82, 2.24) is 5.32 Å². The highest BCUT2D eigenvalue weighted by molar-refractivity contribution is 7.16. The Hall–Kier alpha value is -0.330. The number of halogens is 2. The number of rotatable bonds is 6. The van der Waals surface area contributed by atoms with Gasteiger partial charge in [0, 0.05) is 12.0 Å². The summed E-state index contributed by atoms with van der Waals surface area (Å²) in [5, 5.41) is 2.89. The van der Waals surface area contributed by atoms with Crippen LogP contribution in [-0.2, 0) is 9.53 Å². The number of nitrogens with one attached hydrogen (secondary N) is 1. The SMILES string of the molecule is CCC(NC(=O)C(N)COC)c1ccc(Cl)s1.Cl. The van der Waals surface area contributed by atoms with Crippen molar-refractivity contribution in [2.75, 3.05) is 13.7 Å². The van der Waals surface area contributed by atoms with Crippen LogP contribution >= 0.6 is 35.3 Å². The molecule has 0 bridgehead atoms. The number of thiophene rings is 1. The molecule has 1 amide bonds. The molecule has 7 heteroatoms. The molecule has 0 aliphatic rings. The largest absolute Gasteiger partial charge is 0.383 e. The summed E-state index contributed by atoms with van der Waals surface area (Å²) in [6.45, 7) is 2.22. The van der Waals surface area contributed by atoms with Crippen molar-refractivity contribution in [2.24, 2.45) is 5.73 Å². The summed E-state index contributed by atoms with van der Waals surface area (Å²) < 4.78 is 5.56. The topological polar surface area (TPSA) is 64.4 Å². The second kappa shape index (κ2) is 8.72. The molecule has 1 aromatic rings. The van der Waals surface area contributed by atoms with Crippen molar-refractivity contribution >= 4 is 41.3 Å². The summed E-state index contributed by atoms with van der Waals surface area (Å²) >= 11 is 7.34. The van der Waals surface area contributed by atoms with Crippen LogP contribution in [0, 0.1) is 0 Å². The number of ether oxygens (including phenoxy) is 1. The number of carbonyl (C=O) groups is 1. The Morgan fingerprint density at radius 3 is 2.72 bits per heavy atom. The number of carbonyl (C=O) groups excluding carboxylic acids is 1. The van der Waals surface area contributed by atoms with Crippen molar-refractivity contribution in [1.29, 1.82) is 0 Å². The lowest BCUT2D eigenvalue weighted by molar-refractivity contribution is -0.124. The highest BCUT2D eigenvalue weighted by Gasteiger charge is 2.19. The Bertz CT molecular complexity index is 374. The van der Waals surface area contributed by atoms with Gasteiger partial charge in [0.1, 0.15) is 6.04 Å². The van der Waals surface area contributed by atoms with Crippen LogP contribution in [0.15, 0.2) is 12.1 Å². The summed E-state index contributed by atoms with van der Waals surface area (Å²) in [4.78, 5) is 12.8. The zero-order chi connectivity index (χ0) is 12.8. The van der Waals surface area contributed by atoms with E-state index in [0.29, 0.717) is 4.34 Å². The van der Waals surface area contributed by atoms with E-state index in [2.05, 4.69) is 5.32 Å². The maximum Gasteiger partial charge on any atom is 0.239 e. The zero-order valence-electron chi connectivity index (χ0n) is 10.3. The number of amides is 1. The van der Waals surface area contributed by atoms with Crippen LogP contribution in [0.25, 0.3) is 0 Å². The van der Waals surface area contributed by atoms with E-state index in [9.17, 15) is 4.79 Å². The van der Waals surface area contributed by atoms with E-state index in [1.165, 1.54) is 18.4 Å². The average Bonchev–Trinajstić information content (AvgIpc) is 2.72. The Balaban J connectivity index is 0.00000289.